The van der Waals surface area contributed by atoms with Crippen LogP contribution in [0.5, 0.6) is 0 Å². The summed E-state index contributed by atoms with van der Waals surface area (Å²) in [4.78, 5) is 24.3. The van der Waals surface area contributed by atoms with Crippen LogP contribution < -0.4 is 11.4 Å². The first-order chi connectivity index (χ1) is 9.68. The molecule has 0 radical (unpaired) electrons. The van der Waals surface area contributed by atoms with Gasteiger partial charge in [0.25, 0.3) is 0 Å². The Morgan fingerprint density at radius 1 is 0.900 bits per heavy atom. The van der Waals surface area contributed by atoms with E-state index >= 15 is 0 Å². The summed E-state index contributed by atoms with van der Waals surface area (Å²) in [6.45, 7) is 0. The van der Waals surface area contributed by atoms with Crippen LogP contribution in [0.1, 0.15) is 15.9 Å². The van der Waals surface area contributed by atoms with Gasteiger partial charge >= 0.3 is 5.63 Å². The van der Waals surface area contributed by atoms with Gasteiger partial charge in [-0.05, 0) is 6.07 Å². The zero-order valence-electron chi connectivity index (χ0n) is 10.5. The van der Waals surface area contributed by atoms with Crippen molar-refractivity contribution in [2.24, 2.45) is 0 Å². The van der Waals surface area contributed by atoms with Crippen molar-refractivity contribution in [1.29, 1.82) is 0 Å². The van der Waals surface area contributed by atoms with Gasteiger partial charge in [0, 0.05) is 10.9 Å². The first-order valence-corrected chi connectivity index (χ1v) is 6.09. The third-order valence-electron chi connectivity index (χ3n) is 3.13. The maximum absolute atomic E-state index is 12.6. The first-order valence-electron chi connectivity index (χ1n) is 6.09. The SMILES string of the molecule is Nc1oc(=O)c2ccccc2c1C(=O)c1ccccc1. The summed E-state index contributed by atoms with van der Waals surface area (Å²) in [5.74, 6) is -0.411. The molecule has 0 spiro atoms. The summed E-state index contributed by atoms with van der Waals surface area (Å²) < 4.78 is 4.97. The molecule has 1 heterocycles. The van der Waals surface area contributed by atoms with Gasteiger partial charge in [0.15, 0.2) is 5.78 Å². The standard InChI is InChI=1S/C16H11NO3/c17-15-13(14(18)10-6-2-1-3-7-10)11-8-4-5-9-12(11)16(19)20-15/h1-9H,17H2. The van der Waals surface area contributed by atoms with E-state index in [1.165, 1.54) is 0 Å². The quantitative estimate of drug-likeness (QED) is 0.723. The summed E-state index contributed by atoms with van der Waals surface area (Å²) in [5.41, 5.74) is 5.93. The van der Waals surface area contributed by atoms with Crippen molar-refractivity contribution < 1.29 is 9.21 Å². The minimum absolute atomic E-state index is 0.150. The molecular formula is C16H11NO3. The molecule has 0 atom stereocenters. The molecule has 0 unspecified atom stereocenters. The molecule has 20 heavy (non-hydrogen) atoms. The maximum atomic E-state index is 12.6. The highest BCUT2D eigenvalue weighted by Crippen LogP contribution is 2.24. The minimum Gasteiger partial charge on any atom is -0.406 e. The lowest BCUT2D eigenvalue weighted by Crippen LogP contribution is -2.11. The number of hydrogen-bond acceptors (Lipinski definition) is 4. The Labute approximate surface area is 114 Å². The second kappa shape index (κ2) is 4.66. The van der Waals surface area contributed by atoms with E-state index in [-0.39, 0.29) is 17.2 Å². The van der Waals surface area contributed by atoms with Crippen LogP contribution in [-0.2, 0) is 0 Å². The molecule has 98 valence electrons. The third-order valence-corrected chi connectivity index (χ3v) is 3.13. The largest absolute Gasteiger partial charge is 0.406 e. The van der Waals surface area contributed by atoms with Gasteiger partial charge in [0.1, 0.15) is 0 Å². The van der Waals surface area contributed by atoms with Crippen molar-refractivity contribution in [1.82, 2.24) is 0 Å². The van der Waals surface area contributed by atoms with Crippen molar-refractivity contribution in [2.75, 3.05) is 5.73 Å². The molecule has 3 aromatic rings. The van der Waals surface area contributed by atoms with E-state index in [9.17, 15) is 9.59 Å². The highest BCUT2D eigenvalue weighted by molar-refractivity contribution is 6.18. The number of ketones is 1. The topological polar surface area (TPSA) is 73.3 Å². The average molecular weight is 265 g/mol. The zero-order chi connectivity index (χ0) is 14.1. The Morgan fingerprint density at radius 2 is 1.50 bits per heavy atom. The number of carbonyl (C=O) groups is 1. The lowest BCUT2D eigenvalue weighted by atomic mass is 9.99. The van der Waals surface area contributed by atoms with Crippen LogP contribution in [0.4, 0.5) is 5.88 Å². The third kappa shape index (κ3) is 1.87. The molecular weight excluding hydrogens is 254 g/mol. The van der Waals surface area contributed by atoms with Crippen molar-refractivity contribution >= 4 is 22.4 Å². The molecule has 4 nitrogen and oxygen atoms in total. The first kappa shape index (κ1) is 12.2. The van der Waals surface area contributed by atoms with Gasteiger partial charge in [-0.1, -0.05) is 48.5 Å². The molecule has 2 aromatic carbocycles. The van der Waals surface area contributed by atoms with Gasteiger partial charge in [-0.25, -0.2) is 4.79 Å². The van der Waals surface area contributed by atoms with E-state index in [1.54, 1.807) is 48.5 Å². The Balaban J connectivity index is 2.32. The van der Waals surface area contributed by atoms with Crippen molar-refractivity contribution in [3.8, 4) is 0 Å². The molecule has 1 aromatic heterocycles. The normalized spacial score (nSPS) is 10.6. The minimum atomic E-state index is -0.539. The predicted molar refractivity (Wildman–Crippen MR) is 76.8 cm³/mol. The molecule has 0 bridgehead atoms. The van der Waals surface area contributed by atoms with Gasteiger partial charge in [-0.2, -0.15) is 0 Å². The molecule has 0 fully saturated rings. The van der Waals surface area contributed by atoms with Gasteiger partial charge in [0.05, 0.1) is 10.9 Å². The highest BCUT2D eigenvalue weighted by atomic mass is 16.4. The lowest BCUT2D eigenvalue weighted by Gasteiger charge is -2.07. The van der Waals surface area contributed by atoms with E-state index in [2.05, 4.69) is 0 Å². The van der Waals surface area contributed by atoms with Crippen LogP contribution in [0.25, 0.3) is 10.8 Å². The summed E-state index contributed by atoms with van der Waals surface area (Å²) in [7, 11) is 0. The van der Waals surface area contributed by atoms with Gasteiger partial charge in [0.2, 0.25) is 5.88 Å². The fraction of sp³-hybridized carbons (Fsp3) is 0. The number of rotatable bonds is 2. The number of hydrogen-bond donors (Lipinski definition) is 1. The van der Waals surface area contributed by atoms with Gasteiger partial charge in [-0.15, -0.1) is 0 Å². The van der Waals surface area contributed by atoms with Gasteiger partial charge in [-0.3, -0.25) is 4.79 Å². The van der Waals surface area contributed by atoms with Crippen molar-refractivity contribution in [3.63, 3.8) is 0 Å². The number of fused-ring (bicyclic) bond motifs is 1. The van der Waals surface area contributed by atoms with Crippen LogP contribution in [0, 0.1) is 0 Å². The monoisotopic (exact) mass is 265 g/mol. The molecule has 0 saturated heterocycles. The van der Waals surface area contributed by atoms with E-state index in [0.717, 1.165) is 0 Å². The summed E-state index contributed by atoms with van der Waals surface area (Å²) in [6, 6.07) is 15.5. The molecule has 0 aliphatic rings. The molecule has 4 heteroatoms. The van der Waals surface area contributed by atoms with E-state index < -0.39 is 5.63 Å². The number of nitrogen functional groups attached to an aromatic ring is 1. The van der Waals surface area contributed by atoms with Crippen molar-refractivity contribution in [3.05, 3.63) is 76.1 Å². The predicted octanol–water partition coefficient (Wildman–Crippen LogP) is 2.61. The van der Waals surface area contributed by atoms with E-state index in [4.69, 9.17) is 10.2 Å². The van der Waals surface area contributed by atoms with Crippen molar-refractivity contribution in [2.45, 2.75) is 0 Å². The van der Waals surface area contributed by atoms with E-state index in [1.807, 2.05) is 6.07 Å². The summed E-state index contributed by atoms with van der Waals surface area (Å²) in [6.07, 6.45) is 0. The van der Waals surface area contributed by atoms with Crippen LogP contribution in [-0.4, -0.2) is 5.78 Å². The summed E-state index contributed by atoms with van der Waals surface area (Å²) >= 11 is 0. The fourth-order valence-corrected chi connectivity index (χ4v) is 2.19. The highest BCUT2D eigenvalue weighted by Gasteiger charge is 2.19. The number of nitrogens with two attached hydrogens (primary N) is 1. The Kier molecular flexibility index (Phi) is 2.84. The second-order valence-corrected chi connectivity index (χ2v) is 4.37. The smallest absolute Gasteiger partial charge is 0.345 e. The molecule has 0 aliphatic heterocycles. The number of benzene rings is 2. The maximum Gasteiger partial charge on any atom is 0.345 e. The lowest BCUT2D eigenvalue weighted by molar-refractivity contribution is 0.103. The summed E-state index contributed by atoms with van der Waals surface area (Å²) in [5, 5.41) is 0.857. The van der Waals surface area contributed by atoms with Crippen LogP contribution >= 0.6 is 0 Å². The molecule has 3 rings (SSSR count). The van der Waals surface area contributed by atoms with Crippen LogP contribution in [0.3, 0.4) is 0 Å². The Hall–Kier alpha value is -2.88. The number of carbonyl (C=O) groups excluding carboxylic acids is 1. The van der Waals surface area contributed by atoms with Crippen LogP contribution in [0.15, 0.2) is 63.8 Å². The van der Waals surface area contributed by atoms with Crippen LogP contribution in [0.2, 0.25) is 0 Å². The van der Waals surface area contributed by atoms with E-state index in [0.29, 0.717) is 16.3 Å². The average Bonchev–Trinajstić information content (AvgIpc) is 2.48. The van der Waals surface area contributed by atoms with Gasteiger partial charge < -0.3 is 10.2 Å². The Bertz CT molecular complexity index is 850. The fourth-order valence-electron chi connectivity index (χ4n) is 2.19. The molecule has 2 N–H and O–H groups in total. The molecule has 0 saturated carbocycles. The zero-order valence-corrected chi connectivity index (χ0v) is 10.5. The number of anilines is 1. The molecule has 0 aliphatic carbocycles. The Morgan fingerprint density at radius 3 is 2.20 bits per heavy atom. The second-order valence-electron chi connectivity index (χ2n) is 4.37. The molecule has 0 amide bonds.